The zero-order valence-electron chi connectivity index (χ0n) is 8.48. The predicted octanol–water partition coefficient (Wildman–Crippen LogP) is 1.38. The van der Waals surface area contributed by atoms with Crippen molar-refractivity contribution in [1.29, 1.82) is 0 Å². The maximum Gasteiger partial charge on any atom is 0.246 e. The molecule has 1 aliphatic heterocycles. The monoisotopic (exact) mass is 258 g/mol. The Morgan fingerprint density at radius 3 is 2.88 bits per heavy atom. The minimum Gasteiger partial charge on any atom is -0.320 e. The van der Waals surface area contributed by atoms with Crippen molar-refractivity contribution in [3.63, 3.8) is 0 Å². The standard InChI is InChI=1S/C10H11ClN2O2S/c11-8-3-1-6(16-8)5-13-9(14)4-2-7(12)10(13)15/h1,3,7H,2,4-5,12H2. The summed E-state index contributed by atoms with van der Waals surface area (Å²) in [6.45, 7) is 0.281. The SMILES string of the molecule is NC1CCC(=O)N(Cc2ccc(Cl)s2)C1=O. The van der Waals surface area contributed by atoms with Crippen LogP contribution in [0.5, 0.6) is 0 Å². The number of carbonyl (C=O) groups is 2. The van der Waals surface area contributed by atoms with Crippen molar-refractivity contribution in [2.45, 2.75) is 25.4 Å². The molecule has 4 nitrogen and oxygen atoms in total. The summed E-state index contributed by atoms with van der Waals surface area (Å²) in [6.07, 6.45) is 0.783. The Hall–Kier alpha value is -0.910. The second-order valence-electron chi connectivity index (χ2n) is 3.67. The second kappa shape index (κ2) is 4.53. The lowest BCUT2D eigenvalue weighted by molar-refractivity contribution is -0.149. The first-order valence-electron chi connectivity index (χ1n) is 4.92. The summed E-state index contributed by atoms with van der Waals surface area (Å²) in [5, 5.41) is 0. The smallest absolute Gasteiger partial charge is 0.246 e. The van der Waals surface area contributed by atoms with Gasteiger partial charge in [0.2, 0.25) is 11.8 Å². The van der Waals surface area contributed by atoms with Gasteiger partial charge < -0.3 is 5.73 Å². The fourth-order valence-corrected chi connectivity index (χ4v) is 2.70. The molecule has 0 radical (unpaired) electrons. The van der Waals surface area contributed by atoms with Crippen molar-refractivity contribution in [1.82, 2.24) is 4.90 Å². The van der Waals surface area contributed by atoms with Gasteiger partial charge in [0.1, 0.15) is 0 Å². The third-order valence-corrected chi connectivity index (χ3v) is 3.71. The molecule has 2 amide bonds. The van der Waals surface area contributed by atoms with Gasteiger partial charge in [-0.1, -0.05) is 11.6 Å². The zero-order chi connectivity index (χ0) is 11.7. The summed E-state index contributed by atoms with van der Waals surface area (Å²) in [7, 11) is 0. The van der Waals surface area contributed by atoms with Crippen LogP contribution in [0, 0.1) is 0 Å². The molecule has 86 valence electrons. The number of imide groups is 1. The van der Waals surface area contributed by atoms with Crippen LogP contribution in [0.4, 0.5) is 0 Å². The van der Waals surface area contributed by atoms with Crippen LogP contribution in [0.25, 0.3) is 0 Å². The fraction of sp³-hybridized carbons (Fsp3) is 0.400. The van der Waals surface area contributed by atoms with Gasteiger partial charge in [0.25, 0.3) is 0 Å². The Balaban J connectivity index is 2.13. The van der Waals surface area contributed by atoms with E-state index in [1.165, 1.54) is 16.2 Å². The van der Waals surface area contributed by atoms with Crippen molar-refractivity contribution in [2.75, 3.05) is 0 Å². The van der Waals surface area contributed by atoms with Crippen LogP contribution in [0.15, 0.2) is 12.1 Å². The molecule has 1 unspecified atom stereocenters. The predicted molar refractivity (Wildman–Crippen MR) is 62.1 cm³/mol. The number of halogens is 1. The number of hydrogen-bond donors (Lipinski definition) is 1. The number of carbonyl (C=O) groups excluding carboxylic acids is 2. The van der Waals surface area contributed by atoms with E-state index in [4.69, 9.17) is 17.3 Å². The van der Waals surface area contributed by atoms with Crippen LogP contribution < -0.4 is 5.73 Å². The molecule has 1 aromatic rings. The van der Waals surface area contributed by atoms with Crippen LogP contribution in [-0.2, 0) is 16.1 Å². The van der Waals surface area contributed by atoms with Gasteiger partial charge in [0.15, 0.2) is 0 Å². The first-order chi connectivity index (χ1) is 7.58. The number of nitrogens with two attached hydrogens (primary N) is 1. The maximum absolute atomic E-state index is 11.7. The lowest BCUT2D eigenvalue weighted by Crippen LogP contribution is -2.50. The lowest BCUT2D eigenvalue weighted by Gasteiger charge is -2.28. The van der Waals surface area contributed by atoms with E-state index in [1.807, 2.05) is 6.07 Å². The van der Waals surface area contributed by atoms with Gasteiger partial charge in [-0.25, -0.2) is 0 Å². The Kier molecular flexibility index (Phi) is 3.28. The van der Waals surface area contributed by atoms with E-state index in [1.54, 1.807) is 6.07 Å². The van der Waals surface area contributed by atoms with Crippen molar-refractivity contribution in [3.05, 3.63) is 21.3 Å². The summed E-state index contributed by atoms with van der Waals surface area (Å²) < 4.78 is 0.649. The van der Waals surface area contributed by atoms with E-state index >= 15 is 0 Å². The molecule has 1 atom stereocenters. The number of rotatable bonds is 2. The molecule has 2 N–H and O–H groups in total. The van der Waals surface area contributed by atoms with Crippen LogP contribution in [0.1, 0.15) is 17.7 Å². The van der Waals surface area contributed by atoms with Gasteiger partial charge in [-0.15, -0.1) is 11.3 Å². The minimum absolute atomic E-state index is 0.156. The first kappa shape index (κ1) is 11.6. The molecule has 16 heavy (non-hydrogen) atoms. The highest BCUT2D eigenvalue weighted by Crippen LogP contribution is 2.24. The molecule has 2 rings (SSSR count). The number of piperidine rings is 1. The highest BCUT2D eigenvalue weighted by molar-refractivity contribution is 7.16. The van der Waals surface area contributed by atoms with E-state index < -0.39 is 6.04 Å². The number of hydrogen-bond acceptors (Lipinski definition) is 4. The summed E-state index contributed by atoms with van der Waals surface area (Å²) in [5.74, 6) is -0.447. The Morgan fingerprint density at radius 1 is 1.50 bits per heavy atom. The summed E-state index contributed by atoms with van der Waals surface area (Å²) in [5.41, 5.74) is 5.62. The zero-order valence-corrected chi connectivity index (χ0v) is 10.1. The highest BCUT2D eigenvalue weighted by atomic mass is 35.5. The van der Waals surface area contributed by atoms with Crippen LogP contribution >= 0.6 is 22.9 Å². The fourth-order valence-electron chi connectivity index (χ4n) is 1.62. The normalized spacial score (nSPS) is 21.6. The molecule has 2 heterocycles. The van der Waals surface area contributed by atoms with Crippen LogP contribution in [0.3, 0.4) is 0 Å². The maximum atomic E-state index is 11.7. The molecule has 0 bridgehead atoms. The third-order valence-electron chi connectivity index (χ3n) is 2.50. The molecule has 0 aliphatic carbocycles. The minimum atomic E-state index is -0.548. The summed E-state index contributed by atoms with van der Waals surface area (Å²) in [6, 6.07) is 3.02. The van der Waals surface area contributed by atoms with Crippen molar-refractivity contribution >= 4 is 34.8 Å². The van der Waals surface area contributed by atoms with E-state index in [0.717, 1.165) is 4.88 Å². The number of likely N-dealkylation sites (tertiary alicyclic amines) is 1. The molecule has 0 saturated carbocycles. The van der Waals surface area contributed by atoms with E-state index in [9.17, 15) is 9.59 Å². The Labute approximate surface area is 102 Å². The van der Waals surface area contributed by atoms with Gasteiger partial charge in [-0.05, 0) is 18.6 Å². The van der Waals surface area contributed by atoms with Gasteiger partial charge in [0, 0.05) is 11.3 Å². The molecule has 1 aromatic heterocycles. The Morgan fingerprint density at radius 2 is 2.25 bits per heavy atom. The van der Waals surface area contributed by atoms with Gasteiger partial charge in [-0.3, -0.25) is 14.5 Å². The lowest BCUT2D eigenvalue weighted by atomic mass is 10.1. The van der Waals surface area contributed by atoms with Crippen molar-refractivity contribution in [3.8, 4) is 0 Å². The van der Waals surface area contributed by atoms with Crippen LogP contribution in [0.2, 0.25) is 4.34 Å². The van der Waals surface area contributed by atoms with Gasteiger partial charge in [-0.2, -0.15) is 0 Å². The largest absolute Gasteiger partial charge is 0.320 e. The molecular formula is C10H11ClN2O2S. The van der Waals surface area contributed by atoms with Gasteiger partial charge in [0.05, 0.1) is 16.9 Å². The van der Waals surface area contributed by atoms with E-state index in [2.05, 4.69) is 0 Å². The van der Waals surface area contributed by atoms with Crippen molar-refractivity contribution < 1.29 is 9.59 Å². The van der Waals surface area contributed by atoms with Gasteiger partial charge >= 0.3 is 0 Å². The van der Waals surface area contributed by atoms with Crippen LogP contribution in [-0.4, -0.2) is 22.8 Å². The molecule has 1 saturated heterocycles. The third kappa shape index (κ3) is 2.26. The average Bonchev–Trinajstić information content (AvgIpc) is 2.65. The topological polar surface area (TPSA) is 63.4 Å². The Bertz CT molecular complexity index is 432. The number of thiophene rings is 1. The number of nitrogens with zero attached hydrogens (tertiary/aromatic N) is 1. The molecular weight excluding hydrogens is 248 g/mol. The highest BCUT2D eigenvalue weighted by Gasteiger charge is 2.32. The first-order valence-corrected chi connectivity index (χ1v) is 6.11. The number of amides is 2. The average molecular weight is 259 g/mol. The summed E-state index contributed by atoms with van der Waals surface area (Å²) >= 11 is 7.15. The van der Waals surface area contributed by atoms with E-state index in [-0.39, 0.29) is 18.4 Å². The van der Waals surface area contributed by atoms with E-state index in [0.29, 0.717) is 17.2 Å². The molecule has 6 heteroatoms. The summed E-state index contributed by atoms with van der Waals surface area (Å²) in [4.78, 5) is 25.4. The van der Waals surface area contributed by atoms with Crippen molar-refractivity contribution in [2.24, 2.45) is 5.73 Å². The molecule has 0 spiro atoms. The molecule has 1 aliphatic rings. The molecule has 0 aromatic carbocycles. The second-order valence-corrected chi connectivity index (χ2v) is 5.47. The quantitative estimate of drug-likeness (QED) is 0.815. The molecule has 1 fully saturated rings.